The zero-order valence-electron chi connectivity index (χ0n) is 9.71. The highest BCUT2D eigenvalue weighted by molar-refractivity contribution is 5.66. The Hall–Kier alpha value is -1.98. The molecule has 1 saturated heterocycles. The fourth-order valence-electron chi connectivity index (χ4n) is 2.03. The number of nitrogens with two attached hydrogens (primary N) is 1. The average Bonchev–Trinajstić information content (AvgIpc) is 2.29. The molecule has 0 unspecified atom stereocenters. The number of rotatable bonds is 1. The van der Waals surface area contributed by atoms with Crippen LogP contribution in [0.4, 0.5) is 16.3 Å². The second-order valence-electron chi connectivity index (χ2n) is 4.22. The molecule has 1 aromatic heterocycles. The molecule has 3 N–H and O–H groups in total. The van der Waals surface area contributed by atoms with Crippen LogP contribution in [0.15, 0.2) is 18.3 Å². The molecule has 1 aliphatic rings. The molecule has 1 fully saturated rings. The van der Waals surface area contributed by atoms with Gasteiger partial charge in [-0.25, -0.2) is 9.78 Å². The number of nitrogens with zero attached hydrogens (tertiary/aromatic N) is 3. The van der Waals surface area contributed by atoms with Crippen molar-refractivity contribution in [2.45, 2.75) is 13.0 Å². The Morgan fingerprint density at radius 1 is 1.53 bits per heavy atom. The Bertz CT molecular complexity index is 406. The number of anilines is 2. The number of hydrogen-bond acceptors (Lipinski definition) is 4. The summed E-state index contributed by atoms with van der Waals surface area (Å²) in [6.07, 6.45) is 0.756. The summed E-state index contributed by atoms with van der Waals surface area (Å²) in [4.78, 5) is 18.7. The molecule has 17 heavy (non-hydrogen) atoms. The highest BCUT2D eigenvalue weighted by Crippen LogP contribution is 2.17. The number of carbonyl (C=O) groups is 1. The van der Waals surface area contributed by atoms with Crippen LogP contribution in [0.1, 0.15) is 6.92 Å². The molecular weight excluding hydrogens is 220 g/mol. The van der Waals surface area contributed by atoms with Gasteiger partial charge in [-0.15, -0.1) is 0 Å². The topological polar surface area (TPSA) is 82.7 Å². The minimum absolute atomic E-state index is 0.0272. The third-order valence-corrected chi connectivity index (χ3v) is 2.97. The van der Waals surface area contributed by atoms with Crippen molar-refractivity contribution in [1.29, 1.82) is 0 Å². The molecule has 0 aromatic carbocycles. The number of pyridine rings is 1. The highest BCUT2D eigenvalue weighted by Gasteiger charge is 2.27. The van der Waals surface area contributed by atoms with E-state index in [0.29, 0.717) is 25.3 Å². The Morgan fingerprint density at radius 3 is 2.82 bits per heavy atom. The van der Waals surface area contributed by atoms with Gasteiger partial charge in [-0.3, -0.25) is 0 Å². The predicted octanol–water partition coefficient (Wildman–Crippen LogP) is 0.852. The van der Waals surface area contributed by atoms with Crippen LogP contribution in [0.25, 0.3) is 0 Å². The number of hydrogen-bond donors (Lipinski definition) is 2. The lowest BCUT2D eigenvalue weighted by Crippen LogP contribution is -2.53. The molecule has 0 saturated carbocycles. The molecular formula is C11H16N4O2. The Morgan fingerprint density at radius 2 is 2.29 bits per heavy atom. The summed E-state index contributed by atoms with van der Waals surface area (Å²) < 4.78 is 0. The third kappa shape index (κ3) is 2.41. The first kappa shape index (κ1) is 11.5. The van der Waals surface area contributed by atoms with E-state index >= 15 is 0 Å². The van der Waals surface area contributed by atoms with Crippen LogP contribution in [0.2, 0.25) is 0 Å². The van der Waals surface area contributed by atoms with E-state index in [0.717, 1.165) is 5.82 Å². The molecule has 1 atom stereocenters. The fourth-order valence-corrected chi connectivity index (χ4v) is 2.03. The molecule has 2 rings (SSSR count). The number of nitrogen functional groups attached to an aromatic ring is 1. The molecule has 1 aliphatic heterocycles. The van der Waals surface area contributed by atoms with E-state index in [9.17, 15) is 4.79 Å². The van der Waals surface area contributed by atoms with Gasteiger partial charge in [0.2, 0.25) is 0 Å². The van der Waals surface area contributed by atoms with E-state index < -0.39 is 6.09 Å². The van der Waals surface area contributed by atoms with Crippen molar-refractivity contribution in [2.24, 2.45) is 0 Å². The van der Waals surface area contributed by atoms with Gasteiger partial charge in [0.05, 0.1) is 11.9 Å². The van der Waals surface area contributed by atoms with Gasteiger partial charge in [-0.1, -0.05) is 0 Å². The second kappa shape index (κ2) is 4.48. The zero-order valence-corrected chi connectivity index (χ0v) is 9.71. The van der Waals surface area contributed by atoms with E-state index in [2.05, 4.69) is 9.88 Å². The third-order valence-electron chi connectivity index (χ3n) is 2.97. The van der Waals surface area contributed by atoms with Crippen molar-refractivity contribution in [3.05, 3.63) is 18.3 Å². The molecule has 0 radical (unpaired) electrons. The summed E-state index contributed by atoms with van der Waals surface area (Å²) >= 11 is 0. The van der Waals surface area contributed by atoms with Gasteiger partial charge in [0.15, 0.2) is 0 Å². The lowest BCUT2D eigenvalue weighted by Gasteiger charge is -2.38. The summed E-state index contributed by atoms with van der Waals surface area (Å²) in [5.74, 6) is 0.844. The Labute approximate surface area is 99.7 Å². The standard InChI is InChI=1S/C11H16N4O2/c1-8-7-14(4-5-15(8)11(16)17)10-3-2-9(12)6-13-10/h2-3,6,8H,4-5,7,12H2,1H3,(H,16,17)/t8-/m0/s1. The minimum atomic E-state index is -0.859. The van der Waals surface area contributed by atoms with Crippen LogP contribution in [0, 0.1) is 0 Å². The molecule has 1 aromatic rings. The van der Waals surface area contributed by atoms with Gasteiger partial charge in [0, 0.05) is 25.7 Å². The number of aromatic nitrogens is 1. The maximum Gasteiger partial charge on any atom is 0.407 e. The quantitative estimate of drug-likeness (QED) is 0.755. The van der Waals surface area contributed by atoms with Gasteiger partial charge in [-0.05, 0) is 19.1 Å². The van der Waals surface area contributed by atoms with Crippen LogP contribution >= 0.6 is 0 Å². The molecule has 0 aliphatic carbocycles. The van der Waals surface area contributed by atoms with Crippen molar-refractivity contribution in [1.82, 2.24) is 9.88 Å². The summed E-state index contributed by atoms with van der Waals surface area (Å²) in [7, 11) is 0. The van der Waals surface area contributed by atoms with Gasteiger partial charge >= 0.3 is 6.09 Å². The second-order valence-corrected chi connectivity index (χ2v) is 4.22. The van der Waals surface area contributed by atoms with Crippen LogP contribution in [0.5, 0.6) is 0 Å². The lowest BCUT2D eigenvalue weighted by atomic mass is 10.2. The molecule has 0 bridgehead atoms. The summed E-state index contributed by atoms with van der Waals surface area (Å²) in [5, 5.41) is 8.98. The normalized spacial score (nSPS) is 20.4. The van der Waals surface area contributed by atoms with E-state index in [1.807, 2.05) is 13.0 Å². The molecule has 6 nitrogen and oxygen atoms in total. The van der Waals surface area contributed by atoms with Gasteiger partial charge in [0.25, 0.3) is 0 Å². The number of amides is 1. The molecule has 6 heteroatoms. The van der Waals surface area contributed by atoms with Crippen LogP contribution < -0.4 is 10.6 Å². The first-order valence-electron chi connectivity index (χ1n) is 5.54. The smallest absolute Gasteiger partial charge is 0.407 e. The predicted molar refractivity (Wildman–Crippen MR) is 65.1 cm³/mol. The molecule has 2 heterocycles. The van der Waals surface area contributed by atoms with E-state index in [1.54, 1.807) is 12.3 Å². The van der Waals surface area contributed by atoms with Crippen molar-refractivity contribution >= 4 is 17.6 Å². The first-order chi connectivity index (χ1) is 8.08. The fraction of sp³-hybridized carbons (Fsp3) is 0.455. The molecule has 1 amide bonds. The lowest BCUT2D eigenvalue weighted by molar-refractivity contribution is 0.122. The van der Waals surface area contributed by atoms with Crippen molar-refractivity contribution in [3.63, 3.8) is 0 Å². The molecule has 92 valence electrons. The van der Waals surface area contributed by atoms with E-state index in [4.69, 9.17) is 10.8 Å². The van der Waals surface area contributed by atoms with Gasteiger partial charge in [0.1, 0.15) is 5.82 Å². The van der Waals surface area contributed by atoms with Crippen LogP contribution in [-0.4, -0.2) is 46.8 Å². The number of piperazine rings is 1. The Kier molecular flexibility index (Phi) is 3.03. The maximum atomic E-state index is 10.9. The van der Waals surface area contributed by atoms with Crippen molar-refractivity contribution in [3.8, 4) is 0 Å². The first-order valence-corrected chi connectivity index (χ1v) is 5.54. The van der Waals surface area contributed by atoms with Crippen LogP contribution in [0.3, 0.4) is 0 Å². The minimum Gasteiger partial charge on any atom is -0.465 e. The summed E-state index contributed by atoms with van der Waals surface area (Å²) in [6.45, 7) is 3.72. The van der Waals surface area contributed by atoms with Crippen LogP contribution in [-0.2, 0) is 0 Å². The SMILES string of the molecule is C[C@H]1CN(c2ccc(N)cn2)CCN1C(=O)O. The molecule has 0 spiro atoms. The van der Waals surface area contributed by atoms with E-state index in [1.165, 1.54) is 4.90 Å². The zero-order chi connectivity index (χ0) is 12.4. The van der Waals surface area contributed by atoms with Gasteiger partial charge < -0.3 is 20.6 Å². The van der Waals surface area contributed by atoms with E-state index in [-0.39, 0.29) is 6.04 Å². The summed E-state index contributed by atoms with van der Waals surface area (Å²) in [6, 6.07) is 3.63. The largest absolute Gasteiger partial charge is 0.465 e. The van der Waals surface area contributed by atoms with Crippen molar-refractivity contribution < 1.29 is 9.90 Å². The maximum absolute atomic E-state index is 10.9. The monoisotopic (exact) mass is 236 g/mol. The average molecular weight is 236 g/mol. The number of carboxylic acid groups (broad SMARTS) is 1. The Balaban J connectivity index is 2.06. The summed E-state index contributed by atoms with van der Waals surface area (Å²) in [5.41, 5.74) is 6.21. The van der Waals surface area contributed by atoms with Crippen molar-refractivity contribution in [2.75, 3.05) is 30.3 Å². The van der Waals surface area contributed by atoms with Gasteiger partial charge in [-0.2, -0.15) is 0 Å². The highest BCUT2D eigenvalue weighted by atomic mass is 16.4.